The minimum atomic E-state index is -0.645. The first-order valence-electron chi connectivity index (χ1n) is 5.35. The van der Waals surface area contributed by atoms with E-state index in [1.807, 2.05) is 0 Å². The van der Waals surface area contributed by atoms with Crippen molar-refractivity contribution in [1.29, 1.82) is 0 Å². The lowest BCUT2D eigenvalue weighted by atomic mass is 10.1. The summed E-state index contributed by atoms with van der Waals surface area (Å²) < 4.78 is 10.4. The van der Waals surface area contributed by atoms with Crippen LogP contribution in [0.4, 0.5) is 0 Å². The van der Waals surface area contributed by atoms with E-state index >= 15 is 0 Å². The third-order valence-electron chi connectivity index (χ3n) is 2.48. The van der Waals surface area contributed by atoms with Crippen LogP contribution in [0.5, 0.6) is 11.5 Å². The number of aliphatic hydroxyl groups is 1. The van der Waals surface area contributed by atoms with Crippen LogP contribution in [0.2, 0.25) is 0 Å². The number of carbonyl (C=O) groups is 1. The van der Waals surface area contributed by atoms with Crippen LogP contribution in [0, 0.1) is 0 Å². The Kier molecular flexibility index (Phi) is 2.93. The van der Waals surface area contributed by atoms with Gasteiger partial charge in [-0.1, -0.05) is 0 Å². The summed E-state index contributed by atoms with van der Waals surface area (Å²) in [6.07, 6.45) is 0. The second-order valence-electron chi connectivity index (χ2n) is 4.56. The van der Waals surface area contributed by atoms with Crippen molar-refractivity contribution >= 4 is 5.91 Å². The highest BCUT2D eigenvalue weighted by molar-refractivity contribution is 5.95. The van der Waals surface area contributed by atoms with Gasteiger partial charge in [-0.2, -0.15) is 0 Å². The van der Waals surface area contributed by atoms with Crippen LogP contribution >= 0.6 is 0 Å². The summed E-state index contributed by atoms with van der Waals surface area (Å²) in [6, 6.07) is 4.99. The summed E-state index contributed by atoms with van der Waals surface area (Å²) >= 11 is 0. The van der Waals surface area contributed by atoms with Gasteiger partial charge in [0.15, 0.2) is 11.5 Å². The molecule has 1 aromatic carbocycles. The van der Waals surface area contributed by atoms with E-state index in [2.05, 4.69) is 5.32 Å². The quantitative estimate of drug-likeness (QED) is 0.820. The molecule has 0 spiro atoms. The van der Waals surface area contributed by atoms with Crippen LogP contribution < -0.4 is 14.8 Å². The Labute approximate surface area is 99.3 Å². The van der Waals surface area contributed by atoms with Gasteiger partial charge in [-0.3, -0.25) is 4.79 Å². The Balaban J connectivity index is 2.15. The number of aliphatic hydroxyl groups excluding tert-OH is 1. The lowest BCUT2D eigenvalue weighted by molar-refractivity contribution is 0.0869. The number of amides is 1. The molecule has 1 aliphatic rings. The zero-order valence-corrected chi connectivity index (χ0v) is 9.82. The van der Waals surface area contributed by atoms with Crippen molar-refractivity contribution in [3.8, 4) is 11.5 Å². The highest BCUT2D eigenvalue weighted by Gasteiger charge is 2.22. The fourth-order valence-electron chi connectivity index (χ4n) is 1.46. The summed E-state index contributed by atoms with van der Waals surface area (Å²) in [4.78, 5) is 11.9. The molecular formula is C12H15NO4. The number of benzene rings is 1. The topological polar surface area (TPSA) is 67.8 Å². The fraction of sp³-hybridized carbons (Fsp3) is 0.417. The van der Waals surface area contributed by atoms with Crippen LogP contribution in [0.15, 0.2) is 18.2 Å². The van der Waals surface area contributed by atoms with Gasteiger partial charge in [-0.25, -0.2) is 0 Å². The van der Waals surface area contributed by atoms with Crippen molar-refractivity contribution in [2.75, 3.05) is 13.4 Å². The van der Waals surface area contributed by atoms with Crippen LogP contribution in [0.1, 0.15) is 24.2 Å². The van der Waals surface area contributed by atoms with E-state index < -0.39 is 5.54 Å². The van der Waals surface area contributed by atoms with Crippen LogP contribution in [0.25, 0.3) is 0 Å². The Hall–Kier alpha value is -1.75. The van der Waals surface area contributed by atoms with Crippen molar-refractivity contribution in [2.45, 2.75) is 19.4 Å². The number of rotatable bonds is 3. The maximum Gasteiger partial charge on any atom is 0.251 e. The smallest absolute Gasteiger partial charge is 0.251 e. The molecule has 0 aliphatic carbocycles. The molecule has 0 saturated carbocycles. The highest BCUT2D eigenvalue weighted by atomic mass is 16.7. The molecule has 92 valence electrons. The summed E-state index contributed by atoms with van der Waals surface area (Å²) in [5, 5.41) is 11.8. The average molecular weight is 237 g/mol. The predicted molar refractivity (Wildman–Crippen MR) is 61.2 cm³/mol. The molecule has 1 heterocycles. The van der Waals surface area contributed by atoms with Crippen LogP contribution in [0.3, 0.4) is 0 Å². The molecule has 0 fully saturated rings. The van der Waals surface area contributed by atoms with Gasteiger partial charge in [0.25, 0.3) is 5.91 Å². The summed E-state index contributed by atoms with van der Waals surface area (Å²) in [5.41, 5.74) is -0.163. The van der Waals surface area contributed by atoms with E-state index in [0.29, 0.717) is 17.1 Å². The average Bonchev–Trinajstić information content (AvgIpc) is 2.75. The number of hydrogen-bond acceptors (Lipinski definition) is 4. The Morgan fingerprint density at radius 3 is 2.82 bits per heavy atom. The maximum absolute atomic E-state index is 11.9. The van der Waals surface area contributed by atoms with Crippen molar-refractivity contribution in [2.24, 2.45) is 0 Å². The van der Waals surface area contributed by atoms with Gasteiger partial charge in [0.05, 0.1) is 12.1 Å². The third-order valence-corrected chi connectivity index (χ3v) is 2.48. The van der Waals surface area contributed by atoms with Crippen LogP contribution in [-0.4, -0.2) is 30.0 Å². The molecule has 5 nitrogen and oxygen atoms in total. The molecule has 5 heteroatoms. The molecule has 17 heavy (non-hydrogen) atoms. The Morgan fingerprint density at radius 2 is 2.12 bits per heavy atom. The summed E-state index contributed by atoms with van der Waals surface area (Å²) in [5.74, 6) is 0.963. The molecule has 0 radical (unpaired) electrons. The lowest BCUT2D eigenvalue weighted by Gasteiger charge is -2.23. The molecule has 0 unspecified atom stereocenters. The van der Waals surface area contributed by atoms with E-state index in [1.54, 1.807) is 32.0 Å². The molecule has 0 bridgehead atoms. The predicted octanol–water partition coefficient (Wildman–Crippen LogP) is 0.916. The molecule has 1 aromatic rings. The fourth-order valence-corrected chi connectivity index (χ4v) is 1.46. The first-order valence-corrected chi connectivity index (χ1v) is 5.35. The van der Waals surface area contributed by atoms with Crippen molar-refractivity contribution in [1.82, 2.24) is 5.32 Å². The highest BCUT2D eigenvalue weighted by Crippen LogP contribution is 2.32. The first-order chi connectivity index (χ1) is 8.02. The van der Waals surface area contributed by atoms with E-state index in [1.165, 1.54) is 0 Å². The largest absolute Gasteiger partial charge is 0.454 e. The first kappa shape index (κ1) is 11.7. The zero-order valence-electron chi connectivity index (χ0n) is 9.82. The third kappa shape index (κ3) is 2.50. The standard InChI is InChI=1S/C12H15NO4/c1-12(2,6-14)13-11(15)8-3-4-9-10(5-8)17-7-16-9/h3-5,14H,6-7H2,1-2H3,(H,13,15). The van der Waals surface area contributed by atoms with Gasteiger partial charge in [-0.05, 0) is 32.0 Å². The number of carbonyl (C=O) groups excluding carboxylic acids is 1. The number of nitrogens with one attached hydrogen (secondary N) is 1. The van der Waals surface area contributed by atoms with Gasteiger partial charge in [0, 0.05) is 5.56 Å². The normalized spacial score (nSPS) is 13.6. The summed E-state index contributed by atoms with van der Waals surface area (Å²) in [6.45, 7) is 3.56. The molecule has 0 aromatic heterocycles. The van der Waals surface area contributed by atoms with Crippen molar-refractivity contribution < 1.29 is 19.4 Å². The van der Waals surface area contributed by atoms with Gasteiger partial charge < -0.3 is 19.9 Å². The van der Waals surface area contributed by atoms with Crippen molar-refractivity contribution in [3.63, 3.8) is 0 Å². The molecule has 2 rings (SSSR count). The number of ether oxygens (including phenoxy) is 2. The monoisotopic (exact) mass is 237 g/mol. The minimum Gasteiger partial charge on any atom is -0.454 e. The van der Waals surface area contributed by atoms with Crippen LogP contribution in [-0.2, 0) is 0 Å². The molecule has 0 saturated heterocycles. The second-order valence-corrected chi connectivity index (χ2v) is 4.56. The molecule has 2 N–H and O–H groups in total. The van der Waals surface area contributed by atoms with Gasteiger partial charge in [0.1, 0.15) is 0 Å². The number of fused-ring (bicyclic) bond motifs is 1. The molecule has 1 amide bonds. The SMILES string of the molecule is CC(C)(CO)NC(=O)c1ccc2c(c1)OCO2. The van der Waals surface area contributed by atoms with E-state index in [9.17, 15) is 4.79 Å². The van der Waals surface area contributed by atoms with Gasteiger partial charge in [0.2, 0.25) is 6.79 Å². The molecule has 1 aliphatic heterocycles. The molecular weight excluding hydrogens is 222 g/mol. The minimum absolute atomic E-state index is 0.122. The van der Waals surface area contributed by atoms with E-state index in [-0.39, 0.29) is 19.3 Å². The maximum atomic E-state index is 11.9. The van der Waals surface area contributed by atoms with E-state index in [0.717, 1.165) is 0 Å². The van der Waals surface area contributed by atoms with E-state index in [4.69, 9.17) is 14.6 Å². The Bertz CT molecular complexity index is 442. The molecule has 0 atom stereocenters. The Morgan fingerprint density at radius 1 is 1.41 bits per heavy atom. The number of hydrogen-bond donors (Lipinski definition) is 2. The van der Waals surface area contributed by atoms with Gasteiger partial charge >= 0.3 is 0 Å². The lowest BCUT2D eigenvalue weighted by Crippen LogP contribution is -2.46. The van der Waals surface area contributed by atoms with Gasteiger partial charge in [-0.15, -0.1) is 0 Å². The van der Waals surface area contributed by atoms with Crippen molar-refractivity contribution in [3.05, 3.63) is 23.8 Å². The second kappa shape index (κ2) is 4.25. The zero-order chi connectivity index (χ0) is 12.5. The summed E-state index contributed by atoms with van der Waals surface area (Å²) in [7, 11) is 0.